The SMILES string of the molecule is CC(=O)NCCn1nc([C@@H]2CCN(C(=O)CC(C)(C)C)C2)c2cccnc21. The number of fused-ring (bicyclic) bond motifs is 1. The van der Waals surface area contributed by atoms with Crippen LogP contribution in [0.25, 0.3) is 11.0 Å². The maximum absolute atomic E-state index is 12.6. The Labute approximate surface area is 160 Å². The first-order valence-corrected chi connectivity index (χ1v) is 9.58. The summed E-state index contributed by atoms with van der Waals surface area (Å²) in [6.45, 7) is 10.4. The molecule has 27 heavy (non-hydrogen) atoms. The molecule has 0 unspecified atom stereocenters. The van der Waals surface area contributed by atoms with Crippen molar-refractivity contribution in [3.8, 4) is 0 Å². The number of aromatic nitrogens is 3. The van der Waals surface area contributed by atoms with E-state index in [-0.39, 0.29) is 23.1 Å². The summed E-state index contributed by atoms with van der Waals surface area (Å²) in [6, 6.07) is 3.96. The van der Waals surface area contributed by atoms with Gasteiger partial charge in [-0.3, -0.25) is 9.59 Å². The van der Waals surface area contributed by atoms with Crippen LogP contribution in [0, 0.1) is 5.41 Å². The predicted octanol–water partition coefficient (Wildman–Crippen LogP) is 2.32. The first-order valence-electron chi connectivity index (χ1n) is 9.58. The summed E-state index contributed by atoms with van der Waals surface area (Å²) in [5, 5.41) is 8.64. The number of hydrogen-bond acceptors (Lipinski definition) is 4. The Kier molecular flexibility index (Phi) is 5.48. The van der Waals surface area contributed by atoms with Gasteiger partial charge in [-0.15, -0.1) is 0 Å². The number of amides is 2. The largest absolute Gasteiger partial charge is 0.354 e. The Hall–Kier alpha value is -2.44. The molecule has 0 saturated carbocycles. The summed E-state index contributed by atoms with van der Waals surface area (Å²) < 4.78 is 1.86. The van der Waals surface area contributed by atoms with Gasteiger partial charge in [0.05, 0.1) is 12.2 Å². The molecule has 2 aromatic rings. The van der Waals surface area contributed by atoms with E-state index >= 15 is 0 Å². The van der Waals surface area contributed by atoms with Gasteiger partial charge in [0.25, 0.3) is 0 Å². The van der Waals surface area contributed by atoms with Crippen LogP contribution in [0.4, 0.5) is 0 Å². The minimum absolute atomic E-state index is 0.00290. The minimum atomic E-state index is -0.0524. The highest BCUT2D eigenvalue weighted by Crippen LogP contribution is 2.32. The zero-order chi connectivity index (χ0) is 19.6. The first kappa shape index (κ1) is 19.3. The zero-order valence-corrected chi connectivity index (χ0v) is 16.7. The average Bonchev–Trinajstić information content (AvgIpc) is 3.18. The Morgan fingerprint density at radius 2 is 2.11 bits per heavy atom. The van der Waals surface area contributed by atoms with Crippen molar-refractivity contribution in [2.45, 2.75) is 53.0 Å². The van der Waals surface area contributed by atoms with Gasteiger partial charge in [-0.2, -0.15) is 5.10 Å². The normalized spacial score (nSPS) is 17.5. The van der Waals surface area contributed by atoms with Crippen LogP contribution >= 0.6 is 0 Å². The van der Waals surface area contributed by atoms with Crippen molar-refractivity contribution in [2.24, 2.45) is 5.41 Å². The molecule has 146 valence electrons. The van der Waals surface area contributed by atoms with Gasteiger partial charge in [-0.1, -0.05) is 20.8 Å². The number of hydrogen-bond donors (Lipinski definition) is 1. The lowest BCUT2D eigenvalue weighted by molar-refractivity contribution is -0.132. The highest BCUT2D eigenvalue weighted by molar-refractivity contribution is 5.80. The number of likely N-dealkylation sites (tertiary alicyclic amines) is 1. The third-order valence-corrected chi connectivity index (χ3v) is 4.84. The Balaban J connectivity index is 1.77. The molecule has 0 aromatic carbocycles. The second-order valence-corrected chi connectivity index (χ2v) is 8.53. The monoisotopic (exact) mass is 371 g/mol. The van der Waals surface area contributed by atoms with Crippen LogP contribution in [0.3, 0.4) is 0 Å². The molecule has 0 spiro atoms. The Bertz CT molecular complexity index is 836. The van der Waals surface area contributed by atoms with E-state index in [9.17, 15) is 9.59 Å². The Morgan fingerprint density at radius 1 is 1.33 bits per heavy atom. The average molecular weight is 371 g/mol. The molecule has 3 heterocycles. The van der Waals surface area contributed by atoms with Gasteiger partial charge >= 0.3 is 0 Å². The number of carbonyl (C=O) groups excluding carboxylic acids is 2. The maximum Gasteiger partial charge on any atom is 0.223 e. The standard InChI is InChI=1S/C20H29N5O2/c1-14(26)21-9-11-25-19-16(6-5-8-22-19)18(23-25)15-7-10-24(13-15)17(27)12-20(2,3)4/h5-6,8,15H,7,9-13H2,1-4H3,(H,21,26)/t15-/m1/s1. The quantitative estimate of drug-likeness (QED) is 0.875. The van der Waals surface area contributed by atoms with E-state index in [4.69, 9.17) is 5.10 Å². The lowest BCUT2D eigenvalue weighted by Gasteiger charge is -2.22. The smallest absolute Gasteiger partial charge is 0.223 e. The van der Waals surface area contributed by atoms with E-state index in [1.54, 1.807) is 6.20 Å². The van der Waals surface area contributed by atoms with Gasteiger partial charge in [0, 0.05) is 50.5 Å². The van der Waals surface area contributed by atoms with Crippen molar-refractivity contribution in [2.75, 3.05) is 19.6 Å². The Morgan fingerprint density at radius 3 is 2.81 bits per heavy atom. The summed E-state index contributed by atoms with van der Waals surface area (Å²) in [6.07, 6.45) is 3.24. The molecule has 2 amide bonds. The molecule has 1 atom stereocenters. The fourth-order valence-electron chi connectivity index (χ4n) is 3.60. The van der Waals surface area contributed by atoms with Gasteiger partial charge < -0.3 is 10.2 Å². The predicted molar refractivity (Wildman–Crippen MR) is 104 cm³/mol. The van der Waals surface area contributed by atoms with Crippen LogP contribution in [0.15, 0.2) is 18.3 Å². The van der Waals surface area contributed by atoms with E-state index < -0.39 is 0 Å². The summed E-state index contributed by atoms with van der Waals surface area (Å²) in [5.74, 6) is 0.392. The lowest BCUT2D eigenvalue weighted by atomic mass is 9.91. The molecule has 1 saturated heterocycles. The third-order valence-electron chi connectivity index (χ3n) is 4.84. The second-order valence-electron chi connectivity index (χ2n) is 8.53. The van der Waals surface area contributed by atoms with Crippen LogP contribution < -0.4 is 5.32 Å². The van der Waals surface area contributed by atoms with Gasteiger partial charge in [-0.25, -0.2) is 9.67 Å². The molecule has 1 aliphatic rings. The molecular formula is C20H29N5O2. The van der Waals surface area contributed by atoms with Crippen LogP contribution in [0.2, 0.25) is 0 Å². The first-order chi connectivity index (χ1) is 12.7. The van der Waals surface area contributed by atoms with Gasteiger partial charge in [0.2, 0.25) is 11.8 Å². The van der Waals surface area contributed by atoms with Crippen LogP contribution in [0.5, 0.6) is 0 Å². The van der Waals surface area contributed by atoms with Crippen molar-refractivity contribution in [3.63, 3.8) is 0 Å². The molecule has 2 aromatic heterocycles. The van der Waals surface area contributed by atoms with E-state index in [0.717, 1.165) is 29.7 Å². The highest BCUT2D eigenvalue weighted by atomic mass is 16.2. The highest BCUT2D eigenvalue weighted by Gasteiger charge is 2.32. The number of carbonyl (C=O) groups is 2. The van der Waals surface area contributed by atoms with Crippen LogP contribution in [-0.4, -0.2) is 51.1 Å². The number of nitrogens with zero attached hydrogens (tertiary/aromatic N) is 4. The minimum Gasteiger partial charge on any atom is -0.354 e. The summed E-state index contributed by atoms with van der Waals surface area (Å²) in [4.78, 5) is 30.1. The van der Waals surface area contributed by atoms with Crippen molar-refractivity contribution in [1.29, 1.82) is 0 Å². The van der Waals surface area contributed by atoms with Crippen molar-refractivity contribution < 1.29 is 9.59 Å². The van der Waals surface area contributed by atoms with Gasteiger partial charge in [-0.05, 0) is 24.0 Å². The second kappa shape index (κ2) is 7.66. The fraction of sp³-hybridized carbons (Fsp3) is 0.600. The molecular weight excluding hydrogens is 342 g/mol. The summed E-state index contributed by atoms with van der Waals surface area (Å²) in [5.41, 5.74) is 1.83. The summed E-state index contributed by atoms with van der Waals surface area (Å²) >= 11 is 0. The third kappa shape index (κ3) is 4.64. The molecule has 1 fully saturated rings. The van der Waals surface area contributed by atoms with Crippen molar-refractivity contribution >= 4 is 22.8 Å². The van der Waals surface area contributed by atoms with Crippen LogP contribution in [-0.2, 0) is 16.1 Å². The van der Waals surface area contributed by atoms with E-state index in [1.807, 2.05) is 21.7 Å². The molecule has 1 aliphatic heterocycles. The molecule has 1 N–H and O–H groups in total. The zero-order valence-electron chi connectivity index (χ0n) is 16.7. The molecule has 7 nitrogen and oxygen atoms in total. The van der Waals surface area contributed by atoms with Crippen molar-refractivity contribution in [1.82, 2.24) is 25.0 Å². The van der Waals surface area contributed by atoms with E-state index in [0.29, 0.717) is 26.1 Å². The number of rotatable bonds is 5. The molecule has 3 rings (SSSR count). The number of nitrogens with one attached hydrogen (secondary N) is 1. The molecule has 0 aliphatic carbocycles. The van der Waals surface area contributed by atoms with Crippen molar-refractivity contribution in [3.05, 3.63) is 24.0 Å². The fourth-order valence-corrected chi connectivity index (χ4v) is 3.60. The lowest BCUT2D eigenvalue weighted by Crippen LogP contribution is -2.31. The number of pyridine rings is 1. The molecule has 0 radical (unpaired) electrons. The summed E-state index contributed by atoms with van der Waals surface area (Å²) in [7, 11) is 0. The van der Waals surface area contributed by atoms with E-state index in [1.165, 1.54) is 6.92 Å². The molecule has 0 bridgehead atoms. The van der Waals surface area contributed by atoms with Gasteiger partial charge in [0.15, 0.2) is 5.65 Å². The van der Waals surface area contributed by atoms with Crippen LogP contribution in [0.1, 0.15) is 52.1 Å². The maximum atomic E-state index is 12.6. The molecule has 7 heteroatoms. The topological polar surface area (TPSA) is 80.1 Å². The van der Waals surface area contributed by atoms with E-state index in [2.05, 4.69) is 31.1 Å². The van der Waals surface area contributed by atoms with Gasteiger partial charge in [0.1, 0.15) is 0 Å².